The van der Waals surface area contributed by atoms with E-state index < -0.39 is 104 Å². The van der Waals surface area contributed by atoms with Crippen LogP contribution in [0.3, 0.4) is 0 Å². The van der Waals surface area contributed by atoms with E-state index in [0.717, 1.165) is 18.2 Å². The van der Waals surface area contributed by atoms with Gasteiger partial charge < -0.3 is 59.8 Å². The lowest BCUT2D eigenvalue weighted by Crippen LogP contribution is -2.60. The molecule has 17 heteroatoms. The van der Waals surface area contributed by atoms with Crippen LogP contribution in [0.1, 0.15) is 25.7 Å². The van der Waals surface area contributed by atoms with Gasteiger partial charge in [0.05, 0.1) is 37.3 Å². The maximum Gasteiger partial charge on any atom is 0.402 e. The smallest absolute Gasteiger partial charge is 0.402 e. The third kappa shape index (κ3) is 8.07. The third-order valence-electron chi connectivity index (χ3n) is 6.68. The van der Waals surface area contributed by atoms with E-state index in [1.54, 1.807) is 0 Å². The normalized spacial score (nSPS) is 21.0. The molecule has 1 aromatic heterocycles. The molecule has 2 heterocycles. The number of aliphatic hydroxyl groups excluding tert-OH is 3. The average Bonchev–Trinajstić information content (AvgIpc) is 3.00. The van der Waals surface area contributed by atoms with Crippen molar-refractivity contribution in [3.8, 4) is 40.1 Å². The molecule has 0 saturated carbocycles. The Morgan fingerprint density at radius 1 is 0.761 bits per heavy atom. The molecule has 46 heavy (non-hydrogen) atoms. The Balaban J connectivity index is 1.48. The lowest BCUT2D eigenvalue weighted by Gasteiger charge is -2.39. The minimum Gasteiger partial charge on any atom is -0.507 e. The minimum absolute atomic E-state index is 0.0259. The van der Waals surface area contributed by atoms with Gasteiger partial charge in [0.1, 0.15) is 47.9 Å². The summed E-state index contributed by atoms with van der Waals surface area (Å²) in [6.45, 7) is -0.697. The molecule has 5 atom stereocenters. The van der Waals surface area contributed by atoms with Gasteiger partial charge in [-0.2, -0.15) is 0 Å². The Bertz CT molecular complexity index is 1640. The lowest BCUT2D eigenvalue weighted by atomic mass is 9.99. The standard InChI is InChI=1S/C29H28O17/c30-13-8-16(32)14-10-19(28(43-18(14)9-13)12-1-2-15(31)17(33)7-12)44-29-27(41)26(40)25(39)20(45-29)11-42-22(36)5-6-24(38)46-23(37)4-3-21(34)35/h1-2,7-10,20,25-27,29,39-41H,3-6,11H2,(H4-,30,31,32,33,34,35)/p+1/t20-,25-,26+,27-,29-/m1/s1. The van der Waals surface area contributed by atoms with Gasteiger partial charge in [-0.25, -0.2) is 4.42 Å². The first-order chi connectivity index (χ1) is 21.7. The second-order valence-electron chi connectivity index (χ2n) is 10.1. The van der Waals surface area contributed by atoms with Gasteiger partial charge >= 0.3 is 35.2 Å². The van der Waals surface area contributed by atoms with Crippen LogP contribution in [0.5, 0.6) is 28.7 Å². The van der Waals surface area contributed by atoms with Crippen LogP contribution in [-0.4, -0.2) is 102 Å². The number of hydrogen-bond donors (Lipinski definition) is 8. The molecule has 0 amide bonds. The van der Waals surface area contributed by atoms with E-state index in [1.165, 1.54) is 18.2 Å². The molecule has 1 saturated heterocycles. The molecule has 0 bridgehead atoms. The number of phenols is 4. The number of carbonyl (C=O) groups excluding carboxylic acids is 3. The SMILES string of the molecule is O=C(O)CCC(=O)OC(=O)CCC(=O)OC[C@H]1O[C@@H](Oc2cc3c(O)cc(O)cc3[o+]c2-c2ccc(O)c(O)c2)[C@H](O)[C@@H](O)[C@@H]1O. The van der Waals surface area contributed by atoms with Crippen molar-refractivity contribution in [2.24, 2.45) is 0 Å². The maximum atomic E-state index is 12.2. The Labute approximate surface area is 258 Å². The highest BCUT2D eigenvalue weighted by molar-refractivity contribution is 5.89. The van der Waals surface area contributed by atoms with Gasteiger partial charge in [-0.05, 0) is 12.1 Å². The number of aliphatic carboxylic acids is 1. The number of rotatable bonds is 11. The number of ether oxygens (including phenoxy) is 4. The van der Waals surface area contributed by atoms with Crippen molar-refractivity contribution in [1.29, 1.82) is 0 Å². The molecule has 0 unspecified atom stereocenters. The average molecular weight is 650 g/mol. The molecule has 4 rings (SSSR count). The predicted molar refractivity (Wildman–Crippen MR) is 148 cm³/mol. The summed E-state index contributed by atoms with van der Waals surface area (Å²) < 4.78 is 26.6. The Hall–Kier alpha value is -5.23. The number of aliphatic hydroxyl groups is 3. The monoisotopic (exact) mass is 649 g/mol. The van der Waals surface area contributed by atoms with Crippen molar-refractivity contribution in [2.75, 3.05) is 6.61 Å². The van der Waals surface area contributed by atoms with E-state index in [9.17, 15) is 54.9 Å². The van der Waals surface area contributed by atoms with Gasteiger partial charge in [-0.1, -0.05) is 0 Å². The fourth-order valence-electron chi connectivity index (χ4n) is 4.30. The number of carboxylic acids is 1. The van der Waals surface area contributed by atoms with Crippen LogP contribution >= 0.6 is 0 Å². The molecule has 246 valence electrons. The fraction of sp³-hybridized carbons (Fsp3) is 0.345. The minimum atomic E-state index is -1.89. The quantitative estimate of drug-likeness (QED) is 0.0612. The largest absolute Gasteiger partial charge is 0.507 e. The van der Waals surface area contributed by atoms with Gasteiger partial charge in [-0.15, -0.1) is 0 Å². The topological polar surface area (TPSA) is 278 Å². The van der Waals surface area contributed by atoms with E-state index in [0.29, 0.717) is 0 Å². The molecule has 0 spiro atoms. The first-order valence-electron chi connectivity index (χ1n) is 13.6. The second-order valence-corrected chi connectivity index (χ2v) is 10.1. The molecule has 17 nitrogen and oxygen atoms in total. The first-order valence-corrected chi connectivity index (χ1v) is 13.6. The molecule has 3 aromatic rings. The molecule has 1 aliphatic rings. The zero-order valence-electron chi connectivity index (χ0n) is 23.6. The number of phenolic OH excluding ortho intramolecular Hbond substituents is 4. The molecular weight excluding hydrogens is 620 g/mol. The van der Waals surface area contributed by atoms with E-state index in [4.69, 9.17) is 23.7 Å². The van der Waals surface area contributed by atoms with E-state index >= 15 is 0 Å². The molecule has 8 N–H and O–H groups in total. The number of benzene rings is 2. The van der Waals surface area contributed by atoms with Crippen LogP contribution in [0.15, 0.2) is 40.8 Å². The van der Waals surface area contributed by atoms with Crippen molar-refractivity contribution in [1.82, 2.24) is 0 Å². The van der Waals surface area contributed by atoms with Crippen LogP contribution in [0.2, 0.25) is 0 Å². The second kappa shape index (κ2) is 14.2. The molecule has 0 radical (unpaired) electrons. The summed E-state index contributed by atoms with van der Waals surface area (Å²) in [5, 5.41) is 80.2. The summed E-state index contributed by atoms with van der Waals surface area (Å²) >= 11 is 0. The number of carbonyl (C=O) groups is 4. The highest BCUT2D eigenvalue weighted by Crippen LogP contribution is 2.42. The van der Waals surface area contributed by atoms with Gasteiger partial charge in [0.2, 0.25) is 12.0 Å². The summed E-state index contributed by atoms with van der Waals surface area (Å²) in [7, 11) is 0. The summed E-state index contributed by atoms with van der Waals surface area (Å²) in [4.78, 5) is 45.9. The van der Waals surface area contributed by atoms with E-state index in [-0.39, 0.29) is 33.8 Å². The van der Waals surface area contributed by atoms with Crippen LogP contribution in [0.4, 0.5) is 0 Å². The number of hydrogen-bond acceptors (Lipinski definition) is 15. The van der Waals surface area contributed by atoms with E-state index in [2.05, 4.69) is 4.74 Å². The van der Waals surface area contributed by atoms with Crippen LogP contribution in [0, 0.1) is 0 Å². The number of aromatic hydroxyl groups is 4. The summed E-state index contributed by atoms with van der Waals surface area (Å²) in [6, 6.07) is 7.01. The first kappa shape index (κ1) is 33.7. The Morgan fingerprint density at radius 3 is 2.11 bits per heavy atom. The van der Waals surface area contributed by atoms with Crippen molar-refractivity contribution in [3.05, 3.63) is 36.4 Å². The summed E-state index contributed by atoms with van der Waals surface area (Å²) in [5.41, 5.74) is 0.0831. The molecule has 2 aromatic carbocycles. The predicted octanol–water partition coefficient (Wildman–Crippen LogP) is 0.648. The molecular formula is C29H29O17+. The fourth-order valence-corrected chi connectivity index (χ4v) is 4.30. The maximum absolute atomic E-state index is 12.2. The Kier molecular flexibility index (Phi) is 10.4. The van der Waals surface area contributed by atoms with Crippen molar-refractivity contribution >= 4 is 34.8 Å². The molecule has 0 aliphatic carbocycles. The van der Waals surface area contributed by atoms with Crippen LogP contribution in [-0.2, 0) is 33.4 Å². The lowest BCUT2D eigenvalue weighted by molar-refractivity contribution is -0.278. The summed E-state index contributed by atoms with van der Waals surface area (Å²) in [6.07, 6.45) is -11.1. The van der Waals surface area contributed by atoms with Gasteiger partial charge in [-0.3, -0.25) is 19.2 Å². The number of esters is 3. The summed E-state index contributed by atoms with van der Waals surface area (Å²) in [5.74, 6) is -6.61. The number of fused-ring (bicyclic) bond motifs is 1. The van der Waals surface area contributed by atoms with Gasteiger partial charge in [0.15, 0.2) is 11.5 Å². The molecule has 1 aliphatic heterocycles. The zero-order valence-corrected chi connectivity index (χ0v) is 23.6. The zero-order chi connectivity index (χ0) is 33.7. The Morgan fingerprint density at radius 2 is 1.43 bits per heavy atom. The van der Waals surface area contributed by atoms with Crippen molar-refractivity contribution in [2.45, 2.75) is 56.4 Å². The highest BCUT2D eigenvalue weighted by Gasteiger charge is 2.46. The van der Waals surface area contributed by atoms with Gasteiger partial charge in [0, 0.05) is 18.2 Å². The number of carboxylic acid groups (broad SMARTS) is 1. The van der Waals surface area contributed by atoms with Gasteiger partial charge in [0.25, 0.3) is 0 Å². The molecule has 1 fully saturated rings. The van der Waals surface area contributed by atoms with Crippen LogP contribution < -0.4 is 4.74 Å². The van der Waals surface area contributed by atoms with Crippen molar-refractivity contribution in [3.63, 3.8) is 0 Å². The van der Waals surface area contributed by atoms with Crippen LogP contribution in [0.25, 0.3) is 22.3 Å². The van der Waals surface area contributed by atoms with E-state index in [1.807, 2.05) is 0 Å². The van der Waals surface area contributed by atoms with Crippen molar-refractivity contribution < 1.29 is 83.4 Å². The highest BCUT2D eigenvalue weighted by atomic mass is 16.7. The third-order valence-corrected chi connectivity index (χ3v) is 6.68.